The van der Waals surface area contributed by atoms with Crippen molar-refractivity contribution in [2.75, 3.05) is 7.11 Å². The summed E-state index contributed by atoms with van der Waals surface area (Å²) in [4.78, 5) is 0. The van der Waals surface area contributed by atoms with Gasteiger partial charge in [0.15, 0.2) is 0 Å². The Kier molecular flexibility index (Phi) is 2.52. The average molecular weight is 128 g/mol. The molecule has 0 aromatic rings. The summed E-state index contributed by atoms with van der Waals surface area (Å²) in [7, 11) is 1.82. The van der Waals surface area contributed by atoms with E-state index in [-0.39, 0.29) is 0 Å². The summed E-state index contributed by atoms with van der Waals surface area (Å²) in [6.45, 7) is 2.27. The fourth-order valence-electron chi connectivity index (χ4n) is 1.61. The van der Waals surface area contributed by atoms with Crippen molar-refractivity contribution in [2.45, 2.75) is 38.7 Å². The molecule has 1 fully saturated rings. The van der Waals surface area contributed by atoms with Crippen molar-refractivity contribution in [1.29, 1.82) is 0 Å². The zero-order chi connectivity index (χ0) is 6.69. The molecular formula is C8H16O. The van der Waals surface area contributed by atoms with E-state index in [1.165, 1.54) is 25.7 Å². The molecule has 9 heavy (non-hydrogen) atoms. The number of rotatable bonds is 2. The number of ether oxygens (including phenoxy) is 1. The van der Waals surface area contributed by atoms with Crippen LogP contribution in [0.2, 0.25) is 0 Å². The third-order valence-corrected chi connectivity index (χ3v) is 2.40. The van der Waals surface area contributed by atoms with Gasteiger partial charge in [-0.3, -0.25) is 0 Å². The Bertz CT molecular complexity index is 70.6. The fraction of sp³-hybridized carbons (Fsp3) is 1.00. The van der Waals surface area contributed by atoms with Gasteiger partial charge in [0, 0.05) is 7.11 Å². The molecule has 0 heterocycles. The van der Waals surface area contributed by atoms with E-state index in [1.54, 1.807) is 0 Å². The molecule has 2 atom stereocenters. The van der Waals surface area contributed by atoms with Gasteiger partial charge >= 0.3 is 0 Å². The molecule has 1 rings (SSSR count). The minimum absolute atomic E-state index is 0.579. The van der Waals surface area contributed by atoms with Gasteiger partial charge in [0.05, 0.1) is 6.10 Å². The van der Waals surface area contributed by atoms with Crippen LogP contribution in [-0.2, 0) is 4.74 Å². The van der Waals surface area contributed by atoms with Crippen LogP contribution in [0.3, 0.4) is 0 Å². The van der Waals surface area contributed by atoms with E-state index >= 15 is 0 Å². The van der Waals surface area contributed by atoms with Crippen LogP contribution in [0.1, 0.15) is 32.6 Å². The quantitative estimate of drug-likeness (QED) is 0.554. The third kappa shape index (κ3) is 1.68. The molecule has 0 N–H and O–H groups in total. The fourth-order valence-corrected chi connectivity index (χ4v) is 1.61. The van der Waals surface area contributed by atoms with Gasteiger partial charge in [0.1, 0.15) is 0 Å². The zero-order valence-electron chi connectivity index (χ0n) is 6.39. The maximum absolute atomic E-state index is 5.24. The van der Waals surface area contributed by atoms with Gasteiger partial charge in [0.2, 0.25) is 0 Å². The molecule has 0 aliphatic heterocycles. The SMILES string of the molecule is CC[C@@H]1CC[C@@H](OC)C1. The second-order valence-electron chi connectivity index (χ2n) is 2.95. The van der Waals surface area contributed by atoms with Crippen LogP contribution in [0, 0.1) is 5.92 Å². The standard InChI is InChI=1S/C8H16O/c1-3-7-4-5-8(6-7)9-2/h7-8H,3-6H2,1-2H3/t7-,8-/m1/s1. The molecule has 0 aromatic heterocycles. The summed E-state index contributed by atoms with van der Waals surface area (Å²) in [5.41, 5.74) is 0. The summed E-state index contributed by atoms with van der Waals surface area (Å²) in [6.07, 6.45) is 5.88. The molecular weight excluding hydrogens is 112 g/mol. The van der Waals surface area contributed by atoms with Gasteiger partial charge in [0.25, 0.3) is 0 Å². The summed E-state index contributed by atoms with van der Waals surface area (Å²) >= 11 is 0. The van der Waals surface area contributed by atoms with Crippen LogP contribution >= 0.6 is 0 Å². The van der Waals surface area contributed by atoms with E-state index < -0.39 is 0 Å². The van der Waals surface area contributed by atoms with Crippen LogP contribution in [0.5, 0.6) is 0 Å². The first-order valence-electron chi connectivity index (χ1n) is 3.89. The number of methoxy groups -OCH3 is 1. The van der Waals surface area contributed by atoms with E-state index in [0.29, 0.717) is 6.10 Å². The van der Waals surface area contributed by atoms with Crippen LogP contribution < -0.4 is 0 Å². The minimum atomic E-state index is 0.579. The van der Waals surface area contributed by atoms with E-state index in [4.69, 9.17) is 4.74 Å². The lowest BCUT2D eigenvalue weighted by Crippen LogP contribution is -2.04. The highest BCUT2D eigenvalue weighted by Gasteiger charge is 2.22. The van der Waals surface area contributed by atoms with Gasteiger partial charge in [-0.2, -0.15) is 0 Å². The van der Waals surface area contributed by atoms with Crippen LogP contribution in [0.25, 0.3) is 0 Å². The molecule has 1 aliphatic carbocycles. The Hall–Kier alpha value is -0.0400. The Morgan fingerprint density at radius 3 is 2.56 bits per heavy atom. The molecule has 1 saturated carbocycles. The molecule has 0 radical (unpaired) electrons. The Morgan fingerprint density at radius 2 is 2.22 bits per heavy atom. The van der Waals surface area contributed by atoms with Crippen molar-refractivity contribution in [2.24, 2.45) is 5.92 Å². The normalized spacial score (nSPS) is 35.3. The van der Waals surface area contributed by atoms with E-state index in [1.807, 2.05) is 7.11 Å². The summed E-state index contributed by atoms with van der Waals surface area (Å²) in [5.74, 6) is 0.954. The molecule has 0 bridgehead atoms. The van der Waals surface area contributed by atoms with E-state index in [9.17, 15) is 0 Å². The molecule has 1 aliphatic rings. The van der Waals surface area contributed by atoms with Crippen LogP contribution in [0.4, 0.5) is 0 Å². The highest BCUT2D eigenvalue weighted by Crippen LogP contribution is 2.29. The summed E-state index contributed by atoms with van der Waals surface area (Å²) < 4.78 is 5.24. The Balaban J connectivity index is 2.20. The zero-order valence-corrected chi connectivity index (χ0v) is 6.39. The Morgan fingerprint density at radius 1 is 1.44 bits per heavy atom. The van der Waals surface area contributed by atoms with Gasteiger partial charge in [-0.25, -0.2) is 0 Å². The second kappa shape index (κ2) is 3.21. The lowest BCUT2D eigenvalue weighted by atomic mass is 10.1. The first-order chi connectivity index (χ1) is 4.36. The van der Waals surface area contributed by atoms with Crippen molar-refractivity contribution < 1.29 is 4.74 Å². The van der Waals surface area contributed by atoms with Gasteiger partial charge in [-0.05, 0) is 25.2 Å². The summed E-state index contributed by atoms with van der Waals surface area (Å²) in [6, 6.07) is 0. The highest BCUT2D eigenvalue weighted by atomic mass is 16.5. The maximum Gasteiger partial charge on any atom is 0.0574 e. The van der Waals surface area contributed by atoms with Crippen molar-refractivity contribution >= 4 is 0 Å². The molecule has 1 heteroatoms. The molecule has 0 saturated heterocycles. The van der Waals surface area contributed by atoms with Crippen LogP contribution in [-0.4, -0.2) is 13.2 Å². The number of hydrogen-bond donors (Lipinski definition) is 0. The summed E-state index contributed by atoms with van der Waals surface area (Å²) in [5, 5.41) is 0. The number of hydrogen-bond acceptors (Lipinski definition) is 1. The topological polar surface area (TPSA) is 9.23 Å². The first kappa shape index (κ1) is 7.07. The predicted molar refractivity (Wildman–Crippen MR) is 38.4 cm³/mol. The van der Waals surface area contributed by atoms with Gasteiger partial charge < -0.3 is 4.74 Å². The lowest BCUT2D eigenvalue weighted by molar-refractivity contribution is 0.105. The molecule has 0 aromatic carbocycles. The molecule has 0 spiro atoms. The molecule has 0 amide bonds. The van der Waals surface area contributed by atoms with Crippen molar-refractivity contribution in [3.05, 3.63) is 0 Å². The largest absolute Gasteiger partial charge is 0.381 e. The predicted octanol–water partition coefficient (Wildman–Crippen LogP) is 2.21. The monoisotopic (exact) mass is 128 g/mol. The lowest BCUT2D eigenvalue weighted by Gasteiger charge is -2.06. The van der Waals surface area contributed by atoms with Gasteiger partial charge in [-0.1, -0.05) is 13.3 Å². The van der Waals surface area contributed by atoms with Crippen molar-refractivity contribution in [1.82, 2.24) is 0 Å². The van der Waals surface area contributed by atoms with E-state index in [2.05, 4.69) is 6.92 Å². The smallest absolute Gasteiger partial charge is 0.0574 e. The highest BCUT2D eigenvalue weighted by molar-refractivity contribution is 4.74. The molecule has 0 unspecified atom stereocenters. The van der Waals surface area contributed by atoms with Gasteiger partial charge in [-0.15, -0.1) is 0 Å². The molecule has 1 nitrogen and oxygen atoms in total. The molecule has 54 valence electrons. The average Bonchev–Trinajstić information content (AvgIpc) is 2.34. The first-order valence-corrected chi connectivity index (χ1v) is 3.89. The van der Waals surface area contributed by atoms with Crippen LogP contribution in [0.15, 0.2) is 0 Å². The third-order valence-electron chi connectivity index (χ3n) is 2.40. The Labute approximate surface area is 57.4 Å². The maximum atomic E-state index is 5.24. The second-order valence-corrected chi connectivity index (χ2v) is 2.95. The van der Waals surface area contributed by atoms with Crippen molar-refractivity contribution in [3.8, 4) is 0 Å². The van der Waals surface area contributed by atoms with Crippen molar-refractivity contribution in [3.63, 3.8) is 0 Å². The van der Waals surface area contributed by atoms with E-state index in [0.717, 1.165) is 5.92 Å². The minimum Gasteiger partial charge on any atom is -0.381 e.